The van der Waals surface area contributed by atoms with E-state index in [2.05, 4.69) is 29.1 Å². The molecule has 6 heteroatoms. The summed E-state index contributed by atoms with van der Waals surface area (Å²) in [6.45, 7) is 5.01. The molecule has 0 spiro atoms. The molecule has 1 aliphatic rings. The number of ether oxygens (including phenoxy) is 1. The van der Waals surface area contributed by atoms with E-state index in [1.165, 1.54) is 6.33 Å². The second kappa shape index (κ2) is 5.92. The van der Waals surface area contributed by atoms with Crippen molar-refractivity contribution in [1.82, 2.24) is 9.97 Å². The molecule has 0 saturated carbocycles. The van der Waals surface area contributed by atoms with E-state index >= 15 is 0 Å². The van der Waals surface area contributed by atoms with E-state index in [0.717, 1.165) is 32.3 Å². The fourth-order valence-electron chi connectivity index (χ4n) is 2.57. The summed E-state index contributed by atoms with van der Waals surface area (Å²) in [6, 6.07) is 0.237. The molecule has 5 nitrogen and oxygen atoms in total. The normalized spacial score (nSPS) is 22.2. The van der Waals surface area contributed by atoms with Crippen LogP contribution < -0.4 is 10.9 Å². The topological polar surface area (TPSA) is 67.0 Å². The lowest BCUT2D eigenvalue weighted by molar-refractivity contribution is -0.0864. The van der Waals surface area contributed by atoms with Gasteiger partial charge in [-0.1, -0.05) is 25.4 Å². The zero-order valence-electron chi connectivity index (χ0n) is 11.3. The molecule has 19 heavy (non-hydrogen) atoms. The molecule has 1 aromatic heterocycles. The van der Waals surface area contributed by atoms with Gasteiger partial charge in [-0.25, -0.2) is 4.98 Å². The molecule has 0 amide bonds. The predicted octanol–water partition coefficient (Wildman–Crippen LogP) is 2.57. The van der Waals surface area contributed by atoms with Gasteiger partial charge in [0.25, 0.3) is 5.56 Å². The summed E-state index contributed by atoms with van der Waals surface area (Å²) in [6.07, 6.45) is 5.14. The van der Waals surface area contributed by atoms with Gasteiger partial charge in [-0.2, -0.15) is 0 Å². The summed E-state index contributed by atoms with van der Waals surface area (Å²) in [5, 5.41) is 3.39. The van der Waals surface area contributed by atoms with Crippen molar-refractivity contribution in [2.24, 2.45) is 0 Å². The second-order valence-corrected chi connectivity index (χ2v) is 5.34. The van der Waals surface area contributed by atoms with Crippen LogP contribution in [0.4, 0.5) is 5.82 Å². The average molecular weight is 286 g/mol. The van der Waals surface area contributed by atoms with Crippen LogP contribution in [0.1, 0.15) is 39.5 Å². The second-order valence-electron chi connectivity index (χ2n) is 4.97. The Kier molecular flexibility index (Phi) is 4.47. The molecule has 0 aliphatic carbocycles. The Balaban J connectivity index is 2.11. The van der Waals surface area contributed by atoms with Crippen LogP contribution >= 0.6 is 11.6 Å². The Morgan fingerprint density at radius 2 is 2.32 bits per heavy atom. The molecule has 1 saturated heterocycles. The molecule has 1 unspecified atom stereocenters. The Hall–Kier alpha value is -1.07. The van der Waals surface area contributed by atoms with E-state index in [4.69, 9.17) is 16.3 Å². The Bertz CT molecular complexity index is 485. The number of hydrogen-bond donors (Lipinski definition) is 2. The highest BCUT2D eigenvalue weighted by Crippen LogP contribution is 2.32. The van der Waals surface area contributed by atoms with Crippen molar-refractivity contribution in [3.63, 3.8) is 0 Å². The van der Waals surface area contributed by atoms with Gasteiger partial charge in [0, 0.05) is 12.6 Å². The summed E-state index contributed by atoms with van der Waals surface area (Å²) < 4.78 is 5.92. The van der Waals surface area contributed by atoms with Crippen LogP contribution in [0.15, 0.2) is 11.1 Å². The van der Waals surface area contributed by atoms with Crippen LogP contribution in [0, 0.1) is 0 Å². The maximum atomic E-state index is 11.4. The summed E-state index contributed by atoms with van der Waals surface area (Å²) in [7, 11) is 0. The molecule has 0 radical (unpaired) electrons. The highest BCUT2D eigenvalue weighted by Gasteiger charge is 2.34. The van der Waals surface area contributed by atoms with E-state index in [1.807, 2.05) is 0 Å². The van der Waals surface area contributed by atoms with Gasteiger partial charge in [-0.05, 0) is 25.7 Å². The third-order valence-corrected chi connectivity index (χ3v) is 4.27. The molecular formula is C13H20ClN3O2. The van der Waals surface area contributed by atoms with Gasteiger partial charge < -0.3 is 15.0 Å². The summed E-state index contributed by atoms with van der Waals surface area (Å²) in [5.41, 5.74) is -0.382. The lowest BCUT2D eigenvalue weighted by Crippen LogP contribution is -2.43. The molecule has 2 N–H and O–H groups in total. The number of nitrogens with one attached hydrogen (secondary N) is 2. The lowest BCUT2D eigenvalue weighted by Gasteiger charge is -2.40. The first kappa shape index (κ1) is 14.3. The van der Waals surface area contributed by atoms with Crippen LogP contribution in [0.25, 0.3) is 0 Å². The van der Waals surface area contributed by atoms with Crippen molar-refractivity contribution in [3.8, 4) is 0 Å². The van der Waals surface area contributed by atoms with E-state index in [1.54, 1.807) is 0 Å². The van der Waals surface area contributed by atoms with Crippen LogP contribution in [0.5, 0.6) is 0 Å². The smallest absolute Gasteiger partial charge is 0.271 e. The molecular weight excluding hydrogens is 266 g/mol. The fourth-order valence-corrected chi connectivity index (χ4v) is 2.73. The van der Waals surface area contributed by atoms with Crippen LogP contribution in [0.2, 0.25) is 5.02 Å². The quantitative estimate of drug-likeness (QED) is 0.892. The Labute approximate surface area is 117 Å². The SMILES string of the molecule is CCC1(CC)CC(Nc2nc[nH]c(=O)c2Cl)CCO1. The Morgan fingerprint density at radius 3 is 3.00 bits per heavy atom. The van der Waals surface area contributed by atoms with E-state index in [9.17, 15) is 4.79 Å². The molecule has 1 aliphatic heterocycles. The number of H-pyrrole nitrogens is 1. The van der Waals surface area contributed by atoms with Crippen molar-refractivity contribution in [1.29, 1.82) is 0 Å². The van der Waals surface area contributed by atoms with Crippen LogP contribution in [0.3, 0.4) is 0 Å². The third kappa shape index (κ3) is 3.09. The zero-order chi connectivity index (χ0) is 13.9. The lowest BCUT2D eigenvalue weighted by atomic mass is 9.86. The molecule has 2 heterocycles. The van der Waals surface area contributed by atoms with Gasteiger partial charge in [-0.3, -0.25) is 4.79 Å². The largest absolute Gasteiger partial charge is 0.375 e. The molecule has 1 aromatic rings. The van der Waals surface area contributed by atoms with Crippen molar-refractivity contribution in [2.45, 2.75) is 51.2 Å². The van der Waals surface area contributed by atoms with Crippen LogP contribution in [-0.2, 0) is 4.74 Å². The molecule has 0 bridgehead atoms. The minimum absolute atomic E-state index is 0.0659. The summed E-state index contributed by atoms with van der Waals surface area (Å²) in [5.74, 6) is 0.457. The van der Waals surface area contributed by atoms with Crippen LogP contribution in [-0.4, -0.2) is 28.2 Å². The van der Waals surface area contributed by atoms with Gasteiger partial charge >= 0.3 is 0 Å². The number of rotatable bonds is 4. The van der Waals surface area contributed by atoms with Gasteiger partial charge in [0.2, 0.25) is 0 Å². The number of nitrogens with zero attached hydrogens (tertiary/aromatic N) is 1. The standard InChI is InChI=1S/C13H20ClN3O2/c1-3-13(4-2)7-9(5-6-19-13)17-11-10(14)12(18)16-8-15-11/h8-9H,3-7H2,1-2H3,(H2,15,16,17,18). The fraction of sp³-hybridized carbons (Fsp3) is 0.692. The maximum absolute atomic E-state index is 11.4. The van der Waals surface area contributed by atoms with E-state index < -0.39 is 0 Å². The van der Waals surface area contributed by atoms with Gasteiger partial charge in [-0.15, -0.1) is 0 Å². The number of aromatic amines is 1. The minimum atomic E-state index is -0.316. The molecule has 0 aromatic carbocycles. The number of aromatic nitrogens is 2. The zero-order valence-corrected chi connectivity index (χ0v) is 12.1. The molecule has 1 atom stereocenters. The maximum Gasteiger partial charge on any atom is 0.271 e. The van der Waals surface area contributed by atoms with Crippen molar-refractivity contribution in [2.75, 3.05) is 11.9 Å². The average Bonchev–Trinajstić information content (AvgIpc) is 2.44. The van der Waals surface area contributed by atoms with Crippen molar-refractivity contribution < 1.29 is 4.74 Å². The van der Waals surface area contributed by atoms with Gasteiger partial charge in [0.1, 0.15) is 5.02 Å². The minimum Gasteiger partial charge on any atom is -0.375 e. The highest BCUT2D eigenvalue weighted by molar-refractivity contribution is 6.32. The monoisotopic (exact) mass is 285 g/mol. The first-order valence-electron chi connectivity index (χ1n) is 6.74. The van der Waals surface area contributed by atoms with E-state index in [0.29, 0.717) is 5.82 Å². The predicted molar refractivity (Wildman–Crippen MR) is 75.8 cm³/mol. The number of anilines is 1. The highest BCUT2D eigenvalue weighted by atomic mass is 35.5. The Morgan fingerprint density at radius 1 is 1.58 bits per heavy atom. The molecule has 2 rings (SSSR count). The number of halogens is 1. The van der Waals surface area contributed by atoms with E-state index in [-0.39, 0.29) is 22.2 Å². The molecule has 1 fully saturated rings. The number of hydrogen-bond acceptors (Lipinski definition) is 4. The third-order valence-electron chi connectivity index (χ3n) is 3.92. The first-order chi connectivity index (χ1) is 9.10. The molecule has 106 valence electrons. The summed E-state index contributed by atoms with van der Waals surface area (Å²) >= 11 is 5.95. The van der Waals surface area contributed by atoms with Gasteiger partial charge in [0.15, 0.2) is 5.82 Å². The van der Waals surface area contributed by atoms with Crippen molar-refractivity contribution in [3.05, 3.63) is 21.7 Å². The van der Waals surface area contributed by atoms with Crippen molar-refractivity contribution >= 4 is 17.4 Å². The first-order valence-corrected chi connectivity index (χ1v) is 7.11. The summed E-state index contributed by atoms with van der Waals surface area (Å²) in [4.78, 5) is 18.0. The van der Waals surface area contributed by atoms with Gasteiger partial charge in [0.05, 0.1) is 11.9 Å².